The molecule has 1 saturated heterocycles. The number of hydrogen-bond acceptors (Lipinski definition) is 6. The van der Waals surface area contributed by atoms with E-state index in [-0.39, 0.29) is 0 Å². The minimum Gasteiger partial charge on any atom is -0.394 e. The van der Waals surface area contributed by atoms with Crippen molar-refractivity contribution < 1.29 is 25.2 Å². The van der Waals surface area contributed by atoms with Crippen molar-refractivity contribution in [1.82, 2.24) is 5.32 Å². The highest BCUT2D eigenvalue weighted by molar-refractivity contribution is 4.92. The smallest absolute Gasteiger partial charge is 0.173 e. The number of likely N-dealkylation sites (N-methyl/N-ethyl adjacent to an activating group) is 1. The standard InChI is InChI=1S/C8H17NO5/c1-2-9-5-7(12)6(11)4(3-10)14-8(5)13/h4-13H,2-3H2,1H3/t4-,5+,6-,7-,8?/m1/s1. The van der Waals surface area contributed by atoms with Gasteiger partial charge in [0.15, 0.2) is 6.29 Å². The van der Waals surface area contributed by atoms with Crippen molar-refractivity contribution in [1.29, 1.82) is 0 Å². The van der Waals surface area contributed by atoms with Crippen LogP contribution >= 0.6 is 0 Å². The van der Waals surface area contributed by atoms with Gasteiger partial charge in [-0.1, -0.05) is 6.92 Å². The van der Waals surface area contributed by atoms with Gasteiger partial charge >= 0.3 is 0 Å². The SMILES string of the molecule is CCN[C@@H]1C(O)O[C@H](CO)[C@@H](O)[C@@H]1O. The monoisotopic (exact) mass is 207 g/mol. The molecule has 1 aliphatic rings. The van der Waals surface area contributed by atoms with Gasteiger partial charge in [0.05, 0.1) is 12.6 Å². The van der Waals surface area contributed by atoms with Crippen molar-refractivity contribution in [2.45, 2.75) is 37.6 Å². The Morgan fingerprint density at radius 1 is 1.21 bits per heavy atom. The first-order valence-corrected chi connectivity index (χ1v) is 4.65. The molecule has 0 spiro atoms. The van der Waals surface area contributed by atoms with Gasteiger partial charge in [-0.3, -0.25) is 0 Å². The maximum absolute atomic E-state index is 9.58. The van der Waals surface area contributed by atoms with E-state index in [1.165, 1.54) is 0 Å². The zero-order chi connectivity index (χ0) is 10.7. The lowest BCUT2D eigenvalue weighted by Gasteiger charge is -2.40. The van der Waals surface area contributed by atoms with Crippen LogP contribution in [0.25, 0.3) is 0 Å². The van der Waals surface area contributed by atoms with Crippen molar-refractivity contribution >= 4 is 0 Å². The van der Waals surface area contributed by atoms with E-state index in [4.69, 9.17) is 9.84 Å². The van der Waals surface area contributed by atoms with Crippen LogP contribution in [0.5, 0.6) is 0 Å². The van der Waals surface area contributed by atoms with E-state index in [1.54, 1.807) is 0 Å². The summed E-state index contributed by atoms with van der Waals surface area (Å²) in [6.45, 7) is 1.91. The summed E-state index contributed by atoms with van der Waals surface area (Å²) in [5.41, 5.74) is 0. The predicted octanol–water partition coefficient (Wildman–Crippen LogP) is -2.60. The molecule has 0 bridgehead atoms. The lowest BCUT2D eigenvalue weighted by molar-refractivity contribution is -0.254. The second-order valence-corrected chi connectivity index (χ2v) is 3.31. The maximum Gasteiger partial charge on any atom is 0.173 e. The van der Waals surface area contributed by atoms with Gasteiger partial charge in [0, 0.05) is 0 Å². The molecule has 1 aliphatic heterocycles. The molecular formula is C8H17NO5. The molecule has 1 heterocycles. The van der Waals surface area contributed by atoms with Gasteiger partial charge in [0.25, 0.3) is 0 Å². The highest BCUT2D eigenvalue weighted by Gasteiger charge is 2.42. The fraction of sp³-hybridized carbons (Fsp3) is 1.00. The van der Waals surface area contributed by atoms with Crippen molar-refractivity contribution in [2.24, 2.45) is 0 Å². The number of aliphatic hydroxyl groups excluding tert-OH is 4. The summed E-state index contributed by atoms with van der Waals surface area (Å²) in [5, 5.41) is 40.0. The second kappa shape index (κ2) is 5.01. The molecule has 0 saturated carbocycles. The van der Waals surface area contributed by atoms with Gasteiger partial charge in [-0.05, 0) is 6.54 Å². The molecule has 1 fully saturated rings. The topological polar surface area (TPSA) is 102 Å². The molecule has 1 rings (SSSR count). The predicted molar refractivity (Wildman–Crippen MR) is 47.4 cm³/mol. The second-order valence-electron chi connectivity index (χ2n) is 3.31. The molecule has 1 unspecified atom stereocenters. The first-order valence-electron chi connectivity index (χ1n) is 4.65. The molecule has 6 heteroatoms. The van der Waals surface area contributed by atoms with E-state index in [0.29, 0.717) is 6.54 Å². The largest absolute Gasteiger partial charge is 0.394 e. The molecule has 5 N–H and O–H groups in total. The van der Waals surface area contributed by atoms with Crippen LogP contribution in [0.4, 0.5) is 0 Å². The van der Waals surface area contributed by atoms with E-state index < -0.39 is 37.3 Å². The van der Waals surface area contributed by atoms with E-state index in [9.17, 15) is 15.3 Å². The molecule has 0 amide bonds. The van der Waals surface area contributed by atoms with Crippen LogP contribution < -0.4 is 5.32 Å². The van der Waals surface area contributed by atoms with Gasteiger partial charge in [-0.15, -0.1) is 0 Å². The molecule has 84 valence electrons. The van der Waals surface area contributed by atoms with Crippen LogP contribution in [0, 0.1) is 0 Å². The summed E-state index contributed by atoms with van der Waals surface area (Å²) < 4.78 is 4.92. The summed E-state index contributed by atoms with van der Waals surface area (Å²) in [6, 6.07) is -0.724. The summed E-state index contributed by atoms with van der Waals surface area (Å²) in [7, 11) is 0. The maximum atomic E-state index is 9.58. The highest BCUT2D eigenvalue weighted by atomic mass is 16.6. The van der Waals surface area contributed by atoms with Gasteiger partial charge < -0.3 is 30.5 Å². The van der Waals surface area contributed by atoms with Crippen molar-refractivity contribution in [3.05, 3.63) is 0 Å². The molecule has 0 aromatic carbocycles. The van der Waals surface area contributed by atoms with Gasteiger partial charge in [-0.2, -0.15) is 0 Å². The van der Waals surface area contributed by atoms with Crippen LogP contribution in [-0.2, 0) is 4.74 Å². The Kier molecular flexibility index (Phi) is 4.24. The third-order valence-electron chi connectivity index (χ3n) is 2.34. The Morgan fingerprint density at radius 3 is 2.36 bits per heavy atom. The average molecular weight is 207 g/mol. The number of ether oxygens (including phenoxy) is 1. The van der Waals surface area contributed by atoms with E-state index >= 15 is 0 Å². The fourth-order valence-electron chi connectivity index (χ4n) is 1.55. The van der Waals surface area contributed by atoms with E-state index in [2.05, 4.69) is 5.32 Å². The van der Waals surface area contributed by atoms with Crippen molar-refractivity contribution in [2.75, 3.05) is 13.2 Å². The summed E-state index contributed by atoms with van der Waals surface area (Å²) in [6.07, 6.45) is -4.48. The van der Waals surface area contributed by atoms with Crippen LogP contribution in [0.3, 0.4) is 0 Å². The van der Waals surface area contributed by atoms with Gasteiger partial charge in [-0.25, -0.2) is 0 Å². The minimum absolute atomic E-state index is 0.436. The van der Waals surface area contributed by atoms with Crippen LogP contribution in [0.2, 0.25) is 0 Å². The number of rotatable bonds is 3. The molecule has 0 aliphatic carbocycles. The van der Waals surface area contributed by atoms with E-state index in [0.717, 1.165) is 0 Å². The number of hydrogen-bond donors (Lipinski definition) is 5. The molecule has 0 aromatic heterocycles. The van der Waals surface area contributed by atoms with Crippen LogP contribution in [0.15, 0.2) is 0 Å². The average Bonchev–Trinajstić information content (AvgIpc) is 2.18. The summed E-state index contributed by atoms with van der Waals surface area (Å²) in [5.74, 6) is 0. The van der Waals surface area contributed by atoms with Crippen molar-refractivity contribution in [3.63, 3.8) is 0 Å². The first kappa shape index (κ1) is 11.8. The van der Waals surface area contributed by atoms with Crippen molar-refractivity contribution in [3.8, 4) is 0 Å². The van der Waals surface area contributed by atoms with E-state index in [1.807, 2.05) is 6.92 Å². The number of aliphatic hydroxyl groups is 4. The van der Waals surface area contributed by atoms with Gasteiger partial charge in [0.2, 0.25) is 0 Å². The highest BCUT2D eigenvalue weighted by Crippen LogP contribution is 2.19. The quantitative estimate of drug-likeness (QED) is 0.348. The Hall–Kier alpha value is -0.240. The third kappa shape index (κ3) is 2.22. The molecule has 14 heavy (non-hydrogen) atoms. The lowest BCUT2D eigenvalue weighted by Crippen LogP contribution is -2.63. The fourth-order valence-corrected chi connectivity index (χ4v) is 1.55. The first-order chi connectivity index (χ1) is 6.61. The molecular weight excluding hydrogens is 190 g/mol. The number of nitrogens with one attached hydrogen (secondary N) is 1. The Bertz CT molecular complexity index is 179. The third-order valence-corrected chi connectivity index (χ3v) is 2.34. The normalized spacial score (nSPS) is 43.9. The molecule has 5 atom stereocenters. The molecule has 6 nitrogen and oxygen atoms in total. The zero-order valence-corrected chi connectivity index (χ0v) is 8.00. The summed E-state index contributed by atoms with van der Waals surface area (Å²) >= 11 is 0. The lowest BCUT2D eigenvalue weighted by atomic mass is 9.97. The Morgan fingerprint density at radius 2 is 1.86 bits per heavy atom. The van der Waals surface area contributed by atoms with Crippen LogP contribution in [0.1, 0.15) is 6.92 Å². The Labute approximate surface area is 82.1 Å². The Balaban J connectivity index is 2.63. The van der Waals surface area contributed by atoms with Crippen LogP contribution in [-0.4, -0.2) is 64.2 Å². The van der Waals surface area contributed by atoms with Gasteiger partial charge in [0.1, 0.15) is 18.3 Å². The molecule has 0 aromatic rings. The summed E-state index contributed by atoms with van der Waals surface area (Å²) in [4.78, 5) is 0. The molecule has 0 radical (unpaired) electrons. The zero-order valence-electron chi connectivity index (χ0n) is 8.00. The minimum atomic E-state index is -1.22.